The predicted molar refractivity (Wildman–Crippen MR) is 92.4 cm³/mol. The van der Waals surface area contributed by atoms with Crippen LogP contribution in [0.1, 0.15) is 36.5 Å². The number of urea groups is 1. The van der Waals surface area contributed by atoms with Gasteiger partial charge in [0, 0.05) is 12.2 Å². The van der Waals surface area contributed by atoms with Gasteiger partial charge in [0.1, 0.15) is 5.82 Å². The molecule has 0 aliphatic carbocycles. The Kier molecular flexibility index (Phi) is 5.74. The summed E-state index contributed by atoms with van der Waals surface area (Å²) in [6.07, 6.45) is 0.593. The fourth-order valence-corrected chi connectivity index (χ4v) is 2.51. The Bertz CT molecular complexity index is 683. The second kappa shape index (κ2) is 7.77. The van der Waals surface area contributed by atoms with Crippen molar-refractivity contribution in [3.63, 3.8) is 0 Å². The topological polar surface area (TPSA) is 41.1 Å². The summed E-state index contributed by atoms with van der Waals surface area (Å²) in [4.78, 5) is 12.1. The molecule has 2 rings (SSSR count). The van der Waals surface area contributed by atoms with E-state index in [9.17, 15) is 9.18 Å². The molecule has 0 saturated heterocycles. The van der Waals surface area contributed by atoms with E-state index in [0.29, 0.717) is 18.9 Å². The molecular weight excluding hydrogens is 291 g/mol. The van der Waals surface area contributed by atoms with Gasteiger partial charge in [0.2, 0.25) is 0 Å². The lowest BCUT2D eigenvalue weighted by atomic mass is 9.98. The quantitative estimate of drug-likeness (QED) is 0.830. The Morgan fingerprint density at radius 2 is 1.91 bits per heavy atom. The lowest BCUT2D eigenvalue weighted by Crippen LogP contribution is -2.31. The van der Waals surface area contributed by atoms with Crippen molar-refractivity contribution in [1.29, 1.82) is 0 Å². The Labute approximate surface area is 136 Å². The molecule has 2 amide bonds. The van der Waals surface area contributed by atoms with Crippen LogP contribution >= 0.6 is 0 Å². The highest BCUT2D eigenvalue weighted by Crippen LogP contribution is 2.27. The van der Waals surface area contributed by atoms with Gasteiger partial charge < -0.3 is 10.6 Å². The first-order chi connectivity index (χ1) is 11.0. The number of halogens is 1. The number of benzene rings is 2. The average molecular weight is 314 g/mol. The van der Waals surface area contributed by atoms with Crippen LogP contribution in [0.5, 0.6) is 0 Å². The van der Waals surface area contributed by atoms with Crippen LogP contribution in [0.4, 0.5) is 14.9 Å². The molecule has 0 heterocycles. The van der Waals surface area contributed by atoms with Crippen LogP contribution in [0.25, 0.3) is 0 Å². The molecule has 3 nitrogen and oxygen atoms in total. The van der Waals surface area contributed by atoms with Crippen LogP contribution in [0.3, 0.4) is 0 Å². The maximum atomic E-state index is 13.1. The van der Waals surface area contributed by atoms with Gasteiger partial charge in [-0.25, -0.2) is 9.18 Å². The van der Waals surface area contributed by atoms with Gasteiger partial charge in [-0.2, -0.15) is 0 Å². The molecule has 4 heteroatoms. The molecule has 0 saturated carbocycles. The third-order valence-electron chi connectivity index (χ3n) is 3.75. The third-order valence-corrected chi connectivity index (χ3v) is 3.75. The first kappa shape index (κ1) is 17.0. The molecular formula is C19H23FN2O. The number of para-hydroxylation sites is 1. The van der Waals surface area contributed by atoms with Gasteiger partial charge in [0.25, 0.3) is 0 Å². The molecule has 122 valence electrons. The molecule has 0 bridgehead atoms. The fraction of sp³-hybridized carbons (Fsp3) is 0.316. The van der Waals surface area contributed by atoms with Crippen LogP contribution in [-0.2, 0) is 6.42 Å². The molecule has 0 spiro atoms. The summed E-state index contributed by atoms with van der Waals surface area (Å²) in [7, 11) is 0. The third kappa shape index (κ3) is 4.81. The highest BCUT2D eigenvalue weighted by molar-refractivity contribution is 5.91. The zero-order chi connectivity index (χ0) is 16.8. The van der Waals surface area contributed by atoms with Gasteiger partial charge in [0.05, 0.1) is 0 Å². The number of hydrogen-bond acceptors (Lipinski definition) is 1. The van der Waals surface area contributed by atoms with Gasteiger partial charge in [0.15, 0.2) is 0 Å². The number of nitrogens with one attached hydrogen (secondary N) is 2. The molecule has 0 aliphatic rings. The number of rotatable bonds is 5. The summed E-state index contributed by atoms with van der Waals surface area (Å²) in [6, 6.07) is 12.2. The summed E-state index contributed by atoms with van der Waals surface area (Å²) in [5.41, 5.74) is 3.89. The predicted octanol–water partition coefficient (Wildman–Crippen LogP) is 4.62. The molecule has 0 aromatic heterocycles. The van der Waals surface area contributed by atoms with E-state index in [4.69, 9.17) is 0 Å². The van der Waals surface area contributed by atoms with Crippen LogP contribution in [0.15, 0.2) is 42.5 Å². The van der Waals surface area contributed by atoms with E-state index in [1.807, 2.05) is 31.2 Å². The number of anilines is 1. The molecule has 0 aliphatic heterocycles. The van der Waals surface area contributed by atoms with Crippen molar-refractivity contribution in [2.45, 2.75) is 33.1 Å². The summed E-state index contributed by atoms with van der Waals surface area (Å²) in [5, 5.41) is 5.75. The summed E-state index contributed by atoms with van der Waals surface area (Å²) >= 11 is 0. The molecule has 0 unspecified atom stereocenters. The molecule has 2 aromatic carbocycles. The van der Waals surface area contributed by atoms with Crippen LogP contribution < -0.4 is 10.6 Å². The summed E-state index contributed by atoms with van der Waals surface area (Å²) < 4.78 is 13.1. The van der Waals surface area contributed by atoms with Crippen molar-refractivity contribution in [2.24, 2.45) is 0 Å². The SMILES string of the molecule is Cc1cccc(C(C)C)c1NC(=O)NCCc1cccc(F)c1. The molecule has 0 atom stereocenters. The Hall–Kier alpha value is -2.36. The Morgan fingerprint density at radius 3 is 2.61 bits per heavy atom. The molecule has 0 fully saturated rings. The van der Waals surface area contributed by atoms with Gasteiger partial charge in [-0.3, -0.25) is 0 Å². The maximum absolute atomic E-state index is 13.1. The molecule has 2 N–H and O–H groups in total. The fourth-order valence-electron chi connectivity index (χ4n) is 2.51. The van der Waals surface area contributed by atoms with Gasteiger partial charge in [-0.05, 0) is 48.1 Å². The van der Waals surface area contributed by atoms with Crippen molar-refractivity contribution in [2.75, 3.05) is 11.9 Å². The molecule has 0 radical (unpaired) electrons. The monoisotopic (exact) mass is 314 g/mol. The van der Waals surface area contributed by atoms with E-state index in [0.717, 1.165) is 22.4 Å². The lowest BCUT2D eigenvalue weighted by Gasteiger charge is -2.16. The van der Waals surface area contributed by atoms with Crippen molar-refractivity contribution in [3.05, 3.63) is 65.0 Å². The van der Waals surface area contributed by atoms with Crippen LogP contribution in [-0.4, -0.2) is 12.6 Å². The molecule has 23 heavy (non-hydrogen) atoms. The van der Waals surface area contributed by atoms with Crippen molar-refractivity contribution in [3.8, 4) is 0 Å². The van der Waals surface area contributed by atoms with Crippen molar-refractivity contribution in [1.82, 2.24) is 5.32 Å². The zero-order valence-electron chi connectivity index (χ0n) is 13.8. The van der Waals surface area contributed by atoms with E-state index < -0.39 is 0 Å². The Morgan fingerprint density at radius 1 is 1.17 bits per heavy atom. The standard InChI is InChI=1S/C19H23FN2O/c1-13(2)17-9-4-6-14(3)18(17)22-19(23)21-11-10-15-7-5-8-16(20)12-15/h4-9,12-13H,10-11H2,1-3H3,(H2,21,22,23). The normalized spacial score (nSPS) is 10.7. The van der Waals surface area contributed by atoms with Crippen LogP contribution in [0, 0.1) is 12.7 Å². The minimum Gasteiger partial charge on any atom is -0.338 e. The summed E-state index contributed by atoms with van der Waals surface area (Å²) in [6.45, 7) is 6.63. The van der Waals surface area contributed by atoms with Crippen LogP contribution in [0.2, 0.25) is 0 Å². The number of hydrogen-bond donors (Lipinski definition) is 2. The second-order valence-corrected chi connectivity index (χ2v) is 5.95. The first-order valence-corrected chi connectivity index (χ1v) is 7.86. The zero-order valence-corrected chi connectivity index (χ0v) is 13.8. The minimum atomic E-state index is -0.256. The highest BCUT2D eigenvalue weighted by atomic mass is 19.1. The van der Waals surface area contributed by atoms with Gasteiger partial charge in [-0.1, -0.05) is 44.2 Å². The minimum absolute atomic E-state index is 0.238. The van der Waals surface area contributed by atoms with E-state index >= 15 is 0 Å². The van der Waals surface area contributed by atoms with E-state index in [-0.39, 0.29) is 11.8 Å². The van der Waals surface area contributed by atoms with Gasteiger partial charge >= 0.3 is 6.03 Å². The van der Waals surface area contributed by atoms with Gasteiger partial charge in [-0.15, -0.1) is 0 Å². The second-order valence-electron chi connectivity index (χ2n) is 5.95. The van der Waals surface area contributed by atoms with E-state index in [2.05, 4.69) is 24.5 Å². The van der Waals surface area contributed by atoms with Crippen molar-refractivity contribution >= 4 is 11.7 Å². The lowest BCUT2D eigenvalue weighted by molar-refractivity contribution is 0.252. The number of carbonyl (C=O) groups is 1. The van der Waals surface area contributed by atoms with E-state index in [1.165, 1.54) is 12.1 Å². The summed E-state index contributed by atoms with van der Waals surface area (Å²) in [5.74, 6) is 0.0749. The highest BCUT2D eigenvalue weighted by Gasteiger charge is 2.11. The largest absolute Gasteiger partial charge is 0.338 e. The molecule has 2 aromatic rings. The van der Waals surface area contributed by atoms with E-state index in [1.54, 1.807) is 6.07 Å². The average Bonchev–Trinajstić information content (AvgIpc) is 2.49. The number of aryl methyl sites for hydroxylation is 1. The Balaban J connectivity index is 1.93. The van der Waals surface area contributed by atoms with Crippen molar-refractivity contribution < 1.29 is 9.18 Å². The maximum Gasteiger partial charge on any atom is 0.319 e. The number of carbonyl (C=O) groups excluding carboxylic acids is 1. The smallest absolute Gasteiger partial charge is 0.319 e. The number of amides is 2. The first-order valence-electron chi connectivity index (χ1n) is 7.86.